The van der Waals surface area contributed by atoms with Crippen LogP contribution < -0.4 is 10.6 Å². The molecule has 0 aromatic heterocycles. The van der Waals surface area contributed by atoms with Crippen LogP contribution in [0.25, 0.3) is 0 Å². The van der Waals surface area contributed by atoms with Crippen molar-refractivity contribution in [3.05, 3.63) is 24.3 Å². The number of para-hydroxylation sites is 1. The van der Waals surface area contributed by atoms with Crippen molar-refractivity contribution in [1.82, 2.24) is 5.32 Å². The summed E-state index contributed by atoms with van der Waals surface area (Å²) in [4.78, 5) is 13.1. The third-order valence-corrected chi connectivity index (χ3v) is 3.55. The van der Waals surface area contributed by atoms with Crippen molar-refractivity contribution in [3.8, 4) is 0 Å². The van der Waals surface area contributed by atoms with E-state index in [1.165, 1.54) is 0 Å². The van der Waals surface area contributed by atoms with Gasteiger partial charge in [0, 0.05) is 17.4 Å². The topological polar surface area (TPSA) is 41.1 Å². The molecule has 4 heteroatoms. The quantitative estimate of drug-likeness (QED) is 0.745. The Morgan fingerprint density at radius 3 is 2.72 bits per heavy atom. The average molecular weight is 266 g/mol. The lowest BCUT2D eigenvalue weighted by atomic mass is 10.1. The Labute approximate surface area is 114 Å². The van der Waals surface area contributed by atoms with Crippen molar-refractivity contribution < 1.29 is 4.79 Å². The minimum Gasteiger partial charge on any atom is -0.325 e. The second kappa shape index (κ2) is 8.16. The van der Waals surface area contributed by atoms with Gasteiger partial charge in [0.2, 0.25) is 5.91 Å². The number of rotatable bonds is 7. The molecule has 0 aliphatic heterocycles. The Morgan fingerprint density at radius 2 is 2.06 bits per heavy atom. The molecule has 0 saturated heterocycles. The highest BCUT2D eigenvalue weighted by Crippen LogP contribution is 2.26. The van der Waals surface area contributed by atoms with E-state index in [9.17, 15) is 4.79 Å². The predicted molar refractivity (Wildman–Crippen MR) is 79.2 cm³/mol. The van der Waals surface area contributed by atoms with Gasteiger partial charge in [0.25, 0.3) is 0 Å². The smallest absolute Gasteiger partial charge is 0.228 e. The maximum Gasteiger partial charge on any atom is 0.228 e. The lowest BCUT2D eigenvalue weighted by molar-refractivity contribution is -0.119. The van der Waals surface area contributed by atoms with Gasteiger partial charge in [0.05, 0.1) is 5.69 Å². The maximum atomic E-state index is 12.0. The molecule has 1 amide bonds. The number of benzene rings is 1. The number of carbonyl (C=O) groups excluding carboxylic acids is 1. The first-order chi connectivity index (χ1) is 8.69. The summed E-state index contributed by atoms with van der Waals surface area (Å²) in [5, 5.41) is 6.19. The van der Waals surface area contributed by atoms with Crippen LogP contribution >= 0.6 is 11.8 Å². The van der Waals surface area contributed by atoms with Crippen molar-refractivity contribution >= 4 is 23.4 Å². The summed E-state index contributed by atoms with van der Waals surface area (Å²) in [5.41, 5.74) is 0.915. The van der Waals surface area contributed by atoms with E-state index in [2.05, 4.69) is 17.6 Å². The lowest BCUT2D eigenvalue weighted by Gasteiger charge is -2.14. The number of amides is 1. The highest BCUT2D eigenvalue weighted by atomic mass is 32.2. The van der Waals surface area contributed by atoms with Crippen molar-refractivity contribution in [3.63, 3.8) is 0 Å². The van der Waals surface area contributed by atoms with E-state index in [0.29, 0.717) is 6.54 Å². The van der Waals surface area contributed by atoms with Gasteiger partial charge in [-0.3, -0.25) is 4.79 Å². The normalized spacial score (nSPS) is 12.2. The minimum absolute atomic E-state index is 0.0235. The van der Waals surface area contributed by atoms with Gasteiger partial charge in [0.1, 0.15) is 0 Å². The van der Waals surface area contributed by atoms with Gasteiger partial charge in [-0.15, -0.1) is 11.8 Å². The summed E-state index contributed by atoms with van der Waals surface area (Å²) < 4.78 is 0. The summed E-state index contributed by atoms with van der Waals surface area (Å²) in [6, 6.07) is 7.94. The number of carbonyl (C=O) groups is 1. The van der Waals surface area contributed by atoms with Crippen LogP contribution in [0.1, 0.15) is 20.8 Å². The molecule has 0 aliphatic rings. The molecule has 1 aromatic carbocycles. The van der Waals surface area contributed by atoms with E-state index in [-0.39, 0.29) is 11.8 Å². The van der Waals surface area contributed by atoms with Crippen molar-refractivity contribution in [2.75, 3.05) is 24.2 Å². The summed E-state index contributed by atoms with van der Waals surface area (Å²) >= 11 is 1.74. The van der Waals surface area contributed by atoms with Crippen LogP contribution in [0.15, 0.2) is 29.2 Å². The molecule has 0 heterocycles. The second-order valence-corrected chi connectivity index (χ2v) is 5.43. The van der Waals surface area contributed by atoms with Crippen LogP contribution in [0, 0.1) is 5.92 Å². The van der Waals surface area contributed by atoms with E-state index in [4.69, 9.17) is 0 Å². The standard InChI is InChI=1S/C14H22N2OS/c1-4-15-10-11(3)14(17)16-12-8-6-7-9-13(12)18-5-2/h6-9,11,15H,4-5,10H2,1-3H3,(H,16,17). The van der Waals surface area contributed by atoms with Crippen LogP contribution in [0.3, 0.4) is 0 Å². The first-order valence-electron chi connectivity index (χ1n) is 6.42. The van der Waals surface area contributed by atoms with Gasteiger partial charge in [-0.05, 0) is 24.4 Å². The number of anilines is 1. The molecule has 1 atom stereocenters. The molecular formula is C14H22N2OS. The third kappa shape index (κ3) is 4.70. The summed E-state index contributed by atoms with van der Waals surface area (Å²) in [5.74, 6) is 1.05. The summed E-state index contributed by atoms with van der Waals surface area (Å²) in [6.45, 7) is 7.69. The molecule has 0 bridgehead atoms. The Hall–Kier alpha value is -1.00. The Kier molecular flexibility index (Phi) is 6.83. The zero-order valence-corrected chi connectivity index (χ0v) is 12.1. The number of hydrogen-bond acceptors (Lipinski definition) is 3. The maximum absolute atomic E-state index is 12.0. The first-order valence-corrected chi connectivity index (χ1v) is 7.41. The number of hydrogen-bond donors (Lipinski definition) is 2. The van der Waals surface area contributed by atoms with Crippen LogP contribution in [-0.2, 0) is 4.79 Å². The van der Waals surface area contributed by atoms with Crippen LogP contribution in [0.5, 0.6) is 0 Å². The lowest BCUT2D eigenvalue weighted by Crippen LogP contribution is -2.30. The van der Waals surface area contributed by atoms with Gasteiger partial charge in [-0.25, -0.2) is 0 Å². The largest absolute Gasteiger partial charge is 0.325 e. The average Bonchev–Trinajstić information content (AvgIpc) is 2.38. The van der Waals surface area contributed by atoms with E-state index in [1.807, 2.05) is 38.1 Å². The summed E-state index contributed by atoms with van der Waals surface area (Å²) in [6.07, 6.45) is 0. The highest BCUT2D eigenvalue weighted by molar-refractivity contribution is 7.99. The Balaban J connectivity index is 2.63. The molecule has 0 saturated carbocycles. The van der Waals surface area contributed by atoms with Gasteiger partial charge in [0.15, 0.2) is 0 Å². The zero-order valence-electron chi connectivity index (χ0n) is 11.3. The van der Waals surface area contributed by atoms with E-state index >= 15 is 0 Å². The third-order valence-electron chi connectivity index (χ3n) is 2.59. The molecule has 0 aliphatic carbocycles. The number of thioether (sulfide) groups is 1. The predicted octanol–water partition coefficient (Wildman–Crippen LogP) is 2.98. The zero-order chi connectivity index (χ0) is 13.4. The molecule has 2 N–H and O–H groups in total. The molecule has 1 unspecified atom stereocenters. The molecule has 0 spiro atoms. The Morgan fingerprint density at radius 1 is 1.33 bits per heavy atom. The molecule has 0 fully saturated rings. The molecule has 3 nitrogen and oxygen atoms in total. The van der Waals surface area contributed by atoms with Crippen molar-refractivity contribution in [1.29, 1.82) is 0 Å². The van der Waals surface area contributed by atoms with Crippen molar-refractivity contribution in [2.24, 2.45) is 5.92 Å². The van der Waals surface area contributed by atoms with E-state index in [0.717, 1.165) is 22.9 Å². The van der Waals surface area contributed by atoms with E-state index < -0.39 is 0 Å². The molecule has 100 valence electrons. The van der Waals surface area contributed by atoms with Crippen LogP contribution in [0.2, 0.25) is 0 Å². The molecule has 18 heavy (non-hydrogen) atoms. The summed E-state index contributed by atoms with van der Waals surface area (Å²) in [7, 11) is 0. The van der Waals surface area contributed by atoms with Crippen LogP contribution in [0.4, 0.5) is 5.69 Å². The fourth-order valence-electron chi connectivity index (χ4n) is 1.56. The van der Waals surface area contributed by atoms with Gasteiger partial charge in [-0.1, -0.05) is 32.9 Å². The van der Waals surface area contributed by atoms with Gasteiger partial charge in [-0.2, -0.15) is 0 Å². The highest BCUT2D eigenvalue weighted by Gasteiger charge is 2.13. The number of nitrogens with one attached hydrogen (secondary N) is 2. The molecule has 1 aromatic rings. The van der Waals surface area contributed by atoms with Gasteiger partial charge >= 0.3 is 0 Å². The fourth-order valence-corrected chi connectivity index (χ4v) is 2.32. The monoisotopic (exact) mass is 266 g/mol. The fraction of sp³-hybridized carbons (Fsp3) is 0.500. The van der Waals surface area contributed by atoms with Gasteiger partial charge < -0.3 is 10.6 Å². The molecule has 0 radical (unpaired) electrons. The molecular weight excluding hydrogens is 244 g/mol. The van der Waals surface area contributed by atoms with E-state index in [1.54, 1.807) is 11.8 Å². The Bertz CT molecular complexity index is 382. The second-order valence-electron chi connectivity index (χ2n) is 4.13. The molecule has 1 rings (SSSR count). The minimum atomic E-state index is -0.0235. The first kappa shape index (κ1) is 15.1. The van der Waals surface area contributed by atoms with Crippen molar-refractivity contribution in [2.45, 2.75) is 25.7 Å². The van der Waals surface area contributed by atoms with Crippen LogP contribution in [-0.4, -0.2) is 24.7 Å². The SMILES string of the molecule is CCNCC(C)C(=O)Nc1ccccc1SCC.